The Morgan fingerprint density at radius 3 is 2.94 bits per heavy atom. The predicted octanol–water partition coefficient (Wildman–Crippen LogP) is 1.17. The van der Waals surface area contributed by atoms with Gasteiger partial charge in [-0.1, -0.05) is 0 Å². The lowest BCUT2D eigenvalue weighted by Crippen LogP contribution is -2.41. The van der Waals surface area contributed by atoms with Crippen LogP contribution in [-0.2, 0) is 9.53 Å². The molecule has 1 aliphatic heterocycles. The molecule has 1 saturated heterocycles. The van der Waals surface area contributed by atoms with E-state index in [0.717, 1.165) is 6.42 Å². The van der Waals surface area contributed by atoms with Gasteiger partial charge in [0.25, 0.3) is 5.91 Å². The monoisotopic (exact) mass is 248 g/mol. The highest BCUT2D eigenvalue weighted by atomic mass is 16.5. The van der Waals surface area contributed by atoms with Crippen LogP contribution in [0.1, 0.15) is 28.9 Å². The summed E-state index contributed by atoms with van der Waals surface area (Å²) in [5.74, 6) is -0.490. The van der Waals surface area contributed by atoms with Gasteiger partial charge < -0.3 is 9.64 Å². The highest BCUT2D eigenvalue weighted by Gasteiger charge is 2.35. The van der Waals surface area contributed by atoms with E-state index in [1.807, 2.05) is 0 Å². The number of esters is 1. The Hall–Kier alpha value is -1.91. The maximum Gasteiger partial charge on any atom is 0.328 e. The Kier molecular flexibility index (Phi) is 3.60. The topological polar surface area (TPSA) is 59.5 Å². The number of aryl methyl sites for hydroxylation is 1. The standard InChI is InChI=1S/C13H16N2O3/c1-9-10(5-3-7-14-9)12(16)15-8-4-6-11(15)13(17)18-2/h3,5,7,11H,4,6,8H2,1-2H3/t11-/m0/s1. The van der Waals surface area contributed by atoms with Gasteiger partial charge in [0.05, 0.1) is 12.7 Å². The minimum absolute atomic E-state index is 0.145. The van der Waals surface area contributed by atoms with Crippen LogP contribution in [0.5, 0.6) is 0 Å². The van der Waals surface area contributed by atoms with Gasteiger partial charge in [-0.05, 0) is 31.9 Å². The number of nitrogens with zero attached hydrogens (tertiary/aromatic N) is 2. The van der Waals surface area contributed by atoms with Crippen LogP contribution in [0.25, 0.3) is 0 Å². The van der Waals surface area contributed by atoms with Crippen molar-refractivity contribution >= 4 is 11.9 Å². The first-order valence-electron chi connectivity index (χ1n) is 5.95. The maximum absolute atomic E-state index is 12.4. The van der Waals surface area contributed by atoms with Crippen molar-refractivity contribution in [3.05, 3.63) is 29.6 Å². The van der Waals surface area contributed by atoms with E-state index >= 15 is 0 Å². The van der Waals surface area contributed by atoms with E-state index in [1.165, 1.54) is 7.11 Å². The third-order valence-corrected chi connectivity index (χ3v) is 3.22. The molecule has 1 aliphatic rings. The molecular formula is C13H16N2O3. The quantitative estimate of drug-likeness (QED) is 0.737. The molecular weight excluding hydrogens is 232 g/mol. The number of methoxy groups -OCH3 is 1. The van der Waals surface area contributed by atoms with Crippen molar-refractivity contribution < 1.29 is 14.3 Å². The van der Waals surface area contributed by atoms with Crippen LogP contribution in [0.15, 0.2) is 18.3 Å². The lowest BCUT2D eigenvalue weighted by atomic mass is 10.1. The Labute approximate surface area is 106 Å². The maximum atomic E-state index is 12.4. The number of rotatable bonds is 2. The zero-order valence-corrected chi connectivity index (χ0v) is 10.5. The molecule has 0 N–H and O–H groups in total. The van der Waals surface area contributed by atoms with Crippen LogP contribution in [0, 0.1) is 6.92 Å². The molecule has 1 amide bonds. The minimum Gasteiger partial charge on any atom is -0.467 e. The molecule has 0 spiro atoms. The van der Waals surface area contributed by atoms with Gasteiger partial charge in [-0.2, -0.15) is 0 Å². The molecule has 0 bridgehead atoms. The van der Waals surface area contributed by atoms with Gasteiger partial charge in [-0.3, -0.25) is 9.78 Å². The Balaban J connectivity index is 2.23. The molecule has 0 aliphatic carbocycles. The lowest BCUT2D eigenvalue weighted by molar-refractivity contribution is -0.145. The van der Waals surface area contributed by atoms with E-state index in [4.69, 9.17) is 4.74 Å². The van der Waals surface area contributed by atoms with Gasteiger partial charge in [-0.15, -0.1) is 0 Å². The summed E-state index contributed by atoms with van der Waals surface area (Å²) in [6, 6.07) is 3.00. The molecule has 18 heavy (non-hydrogen) atoms. The first kappa shape index (κ1) is 12.5. The zero-order valence-electron chi connectivity index (χ0n) is 10.5. The van der Waals surface area contributed by atoms with Crippen LogP contribution in [-0.4, -0.2) is 41.5 Å². The van der Waals surface area contributed by atoms with E-state index in [1.54, 1.807) is 30.2 Å². The van der Waals surface area contributed by atoms with Crippen LogP contribution < -0.4 is 0 Å². The van der Waals surface area contributed by atoms with Crippen molar-refractivity contribution in [2.24, 2.45) is 0 Å². The fraction of sp³-hybridized carbons (Fsp3) is 0.462. The molecule has 5 heteroatoms. The first-order valence-corrected chi connectivity index (χ1v) is 5.95. The first-order chi connectivity index (χ1) is 8.65. The number of pyridine rings is 1. The predicted molar refractivity (Wildman–Crippen MR) is 65.0 cm³/mol. The zero-order chi connectivity index (χ0) is 13.1. The summed E-state index contributed by atoms with van der Waals surface area (Å²) >= 11 is 0. The van der Waals surface area contributed by atoms with Gasteiger partial charge in [0.1, 0.15) is 6.04 Å². The Bertz CT molecular complexity index is 473. The van der Waals surface area contributed by atoms with Crippen molar-refractivity contribution in [1.82, 2.24) is 9.88 Å². The van der Waals surface area contributed by atoms with Gasteiger partial charge in [0, 0.05) is 18.4 Å². The summed E-state index contributed by atoms with van der Waals surface area (Å²) in [5, 5.41) is 0. The number of carbonyl (C=O) groups excluding carboxylic acids is 2. The fourth-order valence-corrected chi connectivity index (χ4v) is 2.26. The number of likely N-dealkylation sites (tertiary alicyclic amines) is 1. The summed E-state index contributed by atoms with van der Waals surface area (Å²) in [5.41, 5.74) is 1.23. The molecule has 5 nitrogen and oxygen atoms in total. The highest BCUT2D eigenvalue weighted by molar-refractivity contribution is 5.97. The van der Waals surface area contributed by atoms with Crippen LogP contribution in [0.3, 0.4) is 0 Å². The van der Waals surface area contributed by atoms with E-state index < -0.39 is 6.04 Å². The average Bonchev–Trinajstić information content (AvgIpc) is 2.86. The second-order valence-corrected chi connectivity index (χ2v) is 4.32. The minimum atomic E-state index is -0.456. The normalized spacial score (nSPS) is 18.8. The summed E-state index contributed by atoms with van der Waals surface area (Å²) < 4.78 is 4.73. The number of ether oxygens (including phenoxy) is 1. The van der Waals surface area contributed by atoms with E-state index in [-0.39, 0.29) is 11.9 Å². The van der Waals surface area contributed by atoms with E-state index in [2.05, 4.69) is 4.98 Å². The van der Waals surface area contributed by atoms with E-state index in [9.17, 15) is 9.59 Å². The largest absolute Gasteiger partial charge is 0.467 e. The number of hydrogen-bond acceptors (Lipinski definition) is 4. The molecule has 96 valence electrons. The molecule has 2 heterocycles. The molecule has 0 unspecified atom stereocenters. The summed E-state index contributed by atoms with van der Waals surface area (Å²) in [6.45, 7) is 2.38. The molecule has 2 rings (SSSR count). The van der Waals surface area contributed by atoms with E-state index in [0.29, 0.717) is 24.2 Å². The molecule has 0 radical (unpaired) electrons. The van der Waals surface area contributed by atoms with Gasteiger partial charge >= 0.3 is 5.97 Å². The molecule has 1 fully saturated rings. The number of amides is 1. The third kappa shape index (κ3) is 2.20. The number of carbonyl (C=O) groups is 2. The third-order valence-electron chi connectivity index (χ3n) is 3.22. The smallest absolute Gasteiger partial charge is 0.328 e. The number of aromatic nitrogens is 1. The van der Waals surface area contributed by atoms with Crippen molar-refractivity contribution in [2.45, 2.75) is 25.8 Å². The van der Waals surface area contributed by atoms with Crippen molar-refractivity contribution in [3.63, 3.8) is 0 Å². The Morgan fingerprint density at radius 2 is 2.28 bits per heavy atom. The molecule has 1 atom stereocenters. The SMILES string of the molecule is COC(=O)[C@@H]1CCCN1C(=O)c1cccnc1C. The molecule has 0 aromatic carbocycles. The Morgan fingerprint density at radius 1 is 1.50 bits per heavy atom. The molecule has 1 aromatic rings. The highest BCUT2D eigenvalue weighted by Crippen LogP contribution is 2.21. The second-order valence-electron chi connectivity index (χ2n) is 4.32. The summed E-state index contributed by atoms with van der Waals surface area (Å²) in [7, 11) is 1.35. The number of hydrogen-bond donors (Lipinski definition) is 0. The van der Waals surface area contributed by atoms with Crippen LogP contribution in [0.4, 0.5) is 0 Å². The van der Waals surface area contributed by atoms with Crippen LogP contribution in [0.2, 0.25) is 0 Å². The lowest BCUT2D eigenvalue weighted by Gasteiger charge is -2.23. The second kappa shape index (κ2) is 5.16. The van der Waals surface area contributed by atoms with Crippen molar-refractivity contribution in [3.8, 4) is 0 Å². The van der Waals surface area contributed by atoms with Crippen LogP contribution >= 0.6 is 0 Å². The van der Waals surface area contributed by atoms with Gasteiger partial charge in [0.15, 0.2) is 0 Å². The fourth-order valence-electron chi connectivity index (χ4n) is 2.26. The molecule has 1 aromatic heterocycles. The summed E-state index contributed by atoms with van der Waals surface area (Å²) in [4.78, 5) is 29.7. The summed E-state index contributed by atoms with van der Waals surface area (Å²) in [6.07, 6.45) is 3.14. The molecule has 0 saturated carbocycles. The van der Waals surface area contributed by atoms with Gasteiger partial charge in [0.2, 0.25) is 0 Å². The van der Waals surface area contributed by atoms with Crippen molar-refractivity contribution in [1.29, 1.82) is 0 Å². The van der Waals surface area contributed by atoms with Crippen molar-refractivity contribution in [2.75, 3.05) is 13.7 Å². The average molecular weight is 248 g/mol. The van der Waals surface area contributed by atoms with Gasteiger partial charge in [-0.25, -0.2) is 4.79 Å².